The van der Waals surface area contributed by atoms with Gasteiger partial charge < -0.3 is 4.74 Å². The molecule has 0 spiro atoms. The van der Waals surface area contributed by atoms with Crippen molar-refractivity contribution in [3.63, 3.8) is 0 Å². The minimum Gasteiger partial charge on any atom is -0.496 e. The lowest BCUT2D eigenvalue weighted by molar-refractivity contribution is 0.416. The van der Waals surface area contributed by atoms with Gasteiger partial charge in [-0.3, -0.25) is 0 Å². The van der Waals surface area contributed by atoms with Gasteiger partial charge in [0.05, 0.1) is 17.2 Å². The molecule has 0 aliphatic rings. The Balaban J connectivity index is 2.62. The summed E-state index contributed by atoms with van der Waals surface area (Å²) in [5, 5.41) is 9.56. The van der Waals surface area contributed by atoms with Gasteiger partial charge in [-0.1, -0.05) is 23.2 Å². The van der Waals surface area contributed by atoms with Gasteiger partial charge in [-0.2, -0.15) is 5.26 Å². The molecule has 3 nitrogen and oxygen atoms in total. The van der Waals surface area contributed by atoms with Crippen molar-refractivity contribution in [2.45, 2.75) is 0 Å². The Morgan fingerprint density at radius 2 is 2.00 bits per heavy atom. The van der Waals surface area contributed by atoms with Crippen molar-refractivity contribution in [1.29, 1.82) is 5.26 Å². The zero-order chi connectivity index (χ0) is 13.1. The van der Waals surface area contributed by atoms with Crippen LogP contribution in [0.1, 0.15) is 5.69 Å². The number of benzene rings is 1. The summed E-state index contributed by atoms with van der Waals surface area (Å²) in [6, 6.07) is 8.74. The summed E-state index contributed by atoms with van der Waals surface area (Å²) in [6.07, 6.45) is 1.57. The van der Waals surface area contributed by atoms with E-state index >= 15 is 0 Å². The second-order valence-electron chi connectivity index (χ2n) is 3.48. The normalized spacial score (nSPS) is 9.89. The average molecular weight is 279 g/mol. The van der Waals surface area contributed by atoms with Crippen molar-refractivity contribution in [1.82, 2.24) is 4.98 Å². The van der Waals surface area contributed by atoms with Gasteiger partial charge in [0.25, 0.3) is 0 Å². The minimum absolute atomic E-state index is 0.343. The minimum atomic E-state index is 0.343. The maximum atomic E-state index is 8.71. The van der Waals surface area contributed by atoms with Crippen molar-refractivity contribution >= 4 is 23.2 Å². The Bertz CT molecular complexity index is 618. The molecule has 1 aromatic heterocycles. The summed E-state index contributed by atoms with van der Waals surface area (Å²) in [5.41, 5.74) is 1.76. The van der Waals surface area contributed by atoms with Crippen molar-refractivity contribution < 1.29 is 4.74 Å². The summed E-state index contributed by atoms with van der Waals surface area (Å²) in [6.45, 7) is 0. The zero-order valence-electron chi connectivity index (χ0n) is 9.45. The van der Waals surface area contributed by atoms with E-state index in [-0.39, 0.29) is 0 Å². The molecule has 0 unspecified atom stereocenters. The largest absolute Gasteiger partial charge is 0.496 e. The number of hydrogen-bond donors (Lipinski definition) is 0. The van der Waals surface area contributed by atoms with Gasteiger partial charge in [0.2, 0.25) is 0 Å². The number of nitriles is 1. The molecule has 0 aliphatic heterocycles. The zero-order valence-corrected chi connectivity index (χ0v) is 11.0. The number of hydrogen-bond acceptors (Lipinski definition) is 3. The monoisotopic (exact) mass is 278 g/mol. The van der Waals surface area contributed by atoms with E-state index in [1.165, 1.54) is 0 Å². The third-order valence-electron chi connectivity index (χ3n) is 2.44. The number of halogens is 2. The highest BCUT2D eigenvalue weighted by Crippen LogP contribution is 2.40. The Morgan fingerprint density at radius 3 is 2.56 bits per heavy atom. The highest BCUT2D eigenvalue weighted by atomic mass is 35.5. The molecule has 0 amide bonds. The van der Waals surface area contributed by atoms with Gasteiger partial charge in [0, 0.05) is 17.3 Å². The molecule has 1 aromatic carbocycles. The van der Waals surface area contributed by atoms with E-state index in [0.717, 1.165) is 5.56 Å². The molecule has 0 saturated carbocycles. The fourth-order valence-corrected chi connectivity index (χ4v) is 2.00. The van der Waals surface area contributed by atoms with E-state index in [9.17, 15) is 0 Å². The molecule has 0 radical (unpaired) electrons. The Labute approximate surface area is 115 Å². The first-order chi connectivity index (χ1) is 8.67. The summed E-state index contributed by atoms with van der Waals surface area (Å²) in [7, 11) is 1.56. The van der Waals surface area contributed by atoms with Crippen molar-refractivity contribution in [3.8, 4) is 22.9 Å². The summed E-state index contributed by atoms with van der Waals surface area (Å²) in [4.78, 5) is 4.00. The molecular weight excluding hydrogens is 271 g/mol. The van der Waals surface area contributed by atoms with Gasteiger partial charge in [0.1, 0.15) is 17.5 Å². The van der Waals surface area contributed by atoms with Gasteiger partial charge in [0.15, 0.2) is 0 Å². The molecule has 2 aromatic rings. The first-order valence-electron chi connectivity index (χ1n) is 5.06. The molecule has 90 valence electrons. The molecule has 0 bridgehead atoms. The Hall–Kier alpha value is -1.76. The number of methoxy groups -OCH3 is 1. The summed E-state index contributed by atoms with van der Waals surface area (Å²) >= 11 is 12.2. The molecule has 0 N–H and O–H groups in total. The first kappa shape index (κ1) is 12.7. The standard InChI is InChI=1S/C13H8Cl2N2O/c1-18-11-5-4-10(14)13(15)12(11)8-2-3-9(6-16)17-7-8/h2-5,7H,1H3. The smallest absolute Gasteiger partial charge is 0.140 e. The van der Waals surface area contributed by atoms with Crippen LogP contribution in [0.3, 0.4) is 0 Å². The lowest BCUT2D eigenvalue weighted by Crippen LogP contribution is -1.91. The molecule has 0 fully saturated rings. The van der Waals surface area contributed by atoms with Crippen LogP contribution in [-0.4, -0.2) is 12.1 Å². The van der Waals surface area contributed by atoms with Crippen molar-refractivity contribution in [2.75, 3.05) is 7.11 Å². The van der Waals surface area contributed by atoms with E-state index < -0.39 is 0 Å². The summed E-state index contributed by atoms with van der Waals surface area (Å²) in [5.74, 6) is 0.607. The first-order valence-corrected chi connectivity index (χ1v) is 5.81. The predicted molar refractivity (Wildman–Crippen MR) is 71.0 cm³/mol. The van der Waals surface area contributed by atoms with E-state index in [4.69, 9.17) is 33.2 Å². The van der Waals surface area contributed by atoms with E-state index in [1.807, 2.05) is 6.07 Å². The average Bonchev–Trinajstić information content (AvgIpc) is 2.42. The van der Waals surface area contributed by atoms with Crippen LogP contribution in [0, 0.1) is 11.3 Å². The number of rotatable bonds is 2. The summed E-state index contributed by atoms with van der Waals surface area (Å²) < 4.78 is 5.26. The highest BCUT2D eigenvalue weighted by Gasteiger charge is 2.13. The van der Waals surface area contributed by atoms with Crippen molar-refractivity contribution in [3.05, 3.63) is 46.2 Å². The van der Waals surface area contributed by atoms with Crippen molar-refractivity contribution in [2.24, 2.45) is 0 Å². The number of aromatic nitrogens is 1. The second-order valence-corrected chi connectivity index (χ2v) is 4.27. The van der Waals surface area contributed by atoms with Crippen LogP contribution in [-0.2, 0) is 0 Å². The Kier molecular flexibility index (Phi) is 3.71. The second kappa shape index (κ2) is 5.26. The molecule has 18 heavy (non-hydrogen) atoms. The molecule has 1 heterocycles. The number of nitrogens with zero attached hydrogens (tertiary/aromatic N) is 2. The molecular formula is C13H8Cl2N2O. The van der Waals surface area contributed by atoms with E-state index in [2.05, 4.69) is 4.98 Å². The predicted octanol–water partition coefficient (Wildman–Crippen LogP) is 3.94. The fraction of sp³-hybridized carbons (Fsp3) is 0.0769. The van der Waals surface area contributed by atoms with Crippen LogP contribution < -0.4 is 4.74 Å². The number of ether oxygens (including phenoxy) is 1. The van der Waals surface area contributed by atoms with Gasteiger partial charge in [-0.25, -0.2) is 4.98 Å². The van der Waals surface area contributed by atoms with Crippen LogP contribution in [0.2, 0.25) is 10.0 Å². The van der Waals surface area contributed by atoms with E-state index in [0.29, 0.717) is 27.1 Å². The molecule has 0 aliphatic carbocycles. The van der Waals surface area contributed by atoms with Crippen LogP contribution in [0.5, 0.6) is 5.75 Å². The van der Waals surface area contributed by atoms with Crippen LogP contribution in [0.15, 0.2) is 30.5 Å². The lowest BCUT2D eigenvalue weighted by Gasteiger charge is -2.11. The maximum Gasteiger partial charge on any atom is 0.140 e. The quantitative estimate of drug-likeness (QED) is 0.836. The number of pyridine rings is 1. The van der Waals surface area contributed by atoms with Gasteiger partial charge >= 0.3 is 0 Å². The third kappa shape index (κ3) is 2.26. The third-order valence-corrected chi connectivity index (χ3v) is 3.25. The van der Waals surface area contributed by atoms with Gasteiger partial charge in [-0.05, 0) is 24.3 Å². The molecule has 0 saturated heterocycles. The highest BCUT2D eigenvalue weighted by molar-refractivity contribution is 6.44. The molecule has 0 atom stereocenters. The topological polar surface area (TPSA) is 45.9 Å². The van der Waals surface area contributed by atoms with Crippen LogP contribution in [0.25, 0.3) is 11.1 Å². The van der Waals surface area contributed by atoms with E-state index in [1.54, 1.807) is 37.6 Å². The lowest BCUT2D eigenvalue weighted by atomic mass is 10.1. The maximum absolute atomic E-state index is 8.71. The Morgan fingerprint density at radius 1 is 1.22 bits per heavy atom. The fourth-order valence-electron chi connectivity index (χ4n) is 1.58. The van der Waals surface area contributed by atoms with Crippen LogP contribution >= 0.6 is 23.2 Å². The SMILES string of the molecule is COc1ccc(Cl)c(Cl)c1-c1ccc(C#N)nc1. The molecule has 2 rings (SSSR count). The van der Waals surface area contributed by atoms with Gasteiger partial charge in [-0.15, -0.1) is 0 Å². The van der Waals surface area contributed by atoms with Crippen LogP contribution in [0.4, 0.5) is 0 Å². The molecule has 5 heteroatoms.